The van der Waals surface area contributed by atoms with E-state index in [1.807, 2.05) is 96.9 Å². The molecule has 3 aliphatic heterocycles. The van der Waals surface area contributed by atoms with Gasteiger partial charge in [0.15, 0.2) is 18.9 Å². The first-order valence-corrected chi connectivity index (χ1v) is 44.1. The Morgan fingerprint density at radius 1 is 0.452 bits per heavy atom. The number of amides is 6. The molecule has 6 N–H and O–H groups in total. The summed E-state index contributed by atoms with van der Waals surface area (Å²) in [7, 11) is 6.27. The van der Waals surface area contributed by atoms with E-state index in [4.69, 9.17) is 99.6 Å². The maximum atomic E-state index is 14.1. The average molecular weight is 1790 g/mol. The van der Waals surface area contributed by atoms with E-state index in [0.29, 0.717) is 12.2 Å². The second kappa shape index (κ2) is 62.2. The number of ether oxygens (including phenoxy) is 18. The van der Waals surface area contributed by atoms with Gasteiger partial charge < -0.3 is 126 Å². The summed E-state index contributed by atoms with van der Waals surface area (Å²) >= 11 is 0. The zero-order valence-corrected chi connectivity index (χ0v) is 76.5. The van der Waals surface area contributed by atoms with Crippen molar-refractivity contribution in [2.24, 2.45) is 35.5 Å². The summed E-state index contributed by atoms with van der Waals surface area (Å²) in [6.45, 7) is 21.5. The molecule has 1 aromatic carbocycles. The fraction of sp³-hybridized carbons (Fsp3) is 0.798. The van der Waals surface area contributed by atoms with E-state index in [2.05, 4.69) is 51.8 Å². The maximum absolute atomic E-state index is 14.1. The van der Waals surface area contributed by atoms with Crippen molar-refractivity contribution in [2.45, 2.75) is 201 Å². The van der Waals surface area contributed by atoms with Crippen LogP contribution in [0.25, 0.3) is 0 Å². The molecule has 4 rings (SSSR count). The highest BCUT2D eigenvalue weighted by Crippen LogP contribution is 2.46. The molecule has 124 heavy (non-hydrogen) atoms. The van der Waals surface area contributed by atoms with Crippen LogP contribution in [-0.2, 0) is 144 Å². The number of nitrogens with one attached hydrogen (secondary N) is 6. The number of nitriles is 1. The molecular formula is C84H142N9O30P. The lowest BCUT2D eigenvalue weighted by Gasteiger charge is -2.44. The zero-order chi connectivity index (χ0) is 91.4. The van der Waals surface area contributed by atoms with Gasteiger partial charge in [0.05, 0.1) is 157 Å². The summed E-state index contributed by atoms with van der Waals surface area (Å²) in [4.78, 5) is 130. The number of hydrogen-bond donors (Lipinski definition) is 6. The van der Waals surface area contributed by atoms with Crippen LogP contribution in [-0.4, -0.2) is 336 Å². The monoisotopic (exact) mass is 1790 g/mol. The van der Waals surface area contributed by atoms with Gasteiger partial charge in [-0.1, -0.05) is 60.6 Å². The van der Waals surface area contributed by atoms with Crippen molar-refractivity contribution >= 4 is 67.7 Å². The fourth-order valence-corrected chi connectivity index (χ4v) is 15.3. The smallest absolute Gasteiger partial charge is 0.303 e. The van der Waals surface area contributed by atoms with Crippen molar-refractivity contribution in [3.05, 3.63) is 29.8 Å². The molecule has 16 atom stereocenters. The quantitative estimate of drug-likeness (QED) is 0.0178. The van der Waals surface area contributed by atoms with Crippen LogP contribution in [0.3, 0.4) is 0 Å². The molecule has 0 aliphatic carbocycles. The molecule has 3 saturated heterocycles. The van der Waals surface area contributed by atoms with Crippen LogP contribution in [0.5, 0.6) is 5.75 Å². The topological polar surface area (TPSA) is 458 Å². The minimum Gasteiger partial charge on any atom is -0.463 e. The first kappa shape index (κ1) is 109. The van der Waals surface area contributed by atoms with Gasteiger partial charge in [0, 0.05) is 117 Å². The maximum Gasteiger partial charge on any atom is 0.303 e. The third-order valence-corrected chi connectivity index (χ3v) is 22.8. The Labute approximate surface area is 732 Å². The van der Waals surface area contributed by atoms with Crippen molar-refractivity contribution in [1.29, 1.82) is 5.26 Å². The molecule has 6 amide bonds. The predicted molar refractivity (Wildman–Crippen MR) is 449 cm³/mol. The molecule has 1 unspecified atom stereocenters. The number of esters is 4. The third kappa shape index (κ3) is 44.1. The van der Waals surface area contributed by atoms with E-state index < -0.39 is 87.0 Å². The average Bonchev–Trinajstić information content (AvgIpc) is 0.812. The number of hydrogen-bond acceptors (Lipinski definition) is 33. The Kier molecular flexibility index (Phi) is 54.8. The van der Waals surface area contributed by atoms with Gasteiger partial charge in [-0.15, -0.1) is 0 Å². The normalized spacial score (nSPS) is 22.9. The van der Waals surface area contributed by atoms with Gasteiger partial charge >= 0.3 is 23.9 Å². The number of carbonyl (C=O) groups is 10. The zero-order valence-electron chi connectivity index (χ0n) is 75.6. The van der Waals surface area contributed by atoms with Crippen molar-refractivity contribution in [2.75, 3.05) is 200 Å². The van der Waals surface area contributed by atoms with Gasteiger partial charge in [0.2, 0.25) is 35.4 Å². The Balaban J connectivity index is 1.36. The SMILES string of the molecule is CC[C@H]1O[C@@H](OCCOCCNC(=O)CCOCC(COCCC(=O)NCCOCCO[C@@H]2O[C@H](COC(C)=O)[C@H](OC(C)=O)[C@H](C)[C@H]2C)(COCCC(=O)NCCOCCO[C@@H]2O[C@H](COC(C)=O)[C@H](OC(C)=O)[C@H](C)[C@H]2C)NC(=O)CCOCCOCCNC(=O)CCc2ccc(OP(OCCC#N)C(N(C)C)N(C)C)cc2)[C@H](NC(C)=O)[C@@H](C)[C@H]1C. The first-order valence-electron chi connectivity index (χ1n) is 42.9. The van der Waals surface area contributed by atoms with E-state index in [9.17, 15) is 47.9 Å². The molecule has 0 aromatic heterocycles. The van der Waals surface area contributed by atoms with Gasteiger partial charge in [-0.05, 0) is 70.6 Å². The van der Waals surface area contributed by atoms with Crippen molar-refractivity contribution in [3.63, 3.8) is 0 Å². The highest BCUT2D eigenvalue weighted by Gasteiger charge is 2.47. The van der Waals surface area contributed by atoms with Crippen molar-refractivity contribution in [1.82, 2.24) is 41.7 Å². The van der Waals surface area contributed by atoms with Gasteiger partial charge in [-0.25, -0.2) is 0 Å². The lowest BCUT2D eigenvalue weighted by Crippen LogP contribution is -2.59. The number of carbonyl (C=O) groups excluding carboxylic acids is 10. The molecule has 0 radical (unpaired) electrons. The number of aryl methyl sites for hydroxylation is 1. The van der Waals surface area contributed by atoms with E-state index in [0.717, 1.165) is 12.0 Å². The minimum atomic E-state index is -1.48. The van der Waals surface area contributed by atoms with Crippen LogP contribution in [0.15, 0.2) is 24.3 Å². The molecule has 3 heterocycles. The summed E-state index contributed by atoms with van der Waals surface area (Å²) in [5.74, 6) is -4.07. The van der Waals surface area contributed by atoms with E-state index in [1.54, 1.807) is 0 Å². The largest absolute Gasteiger partial charge is 0.463 e. The van der Waals surface area contributed by atoms with E-state index in [1.165, 1.54) is 34.6 Å². The van der Waals surface area contributed by atoms with Gasteiger partial charge in [-0.3, -0.25) is 57.7 Å². The molecule has 0 spiro atoms. The Bertz CT molecular complexity index is 3210. The molecule has 40 heteroatoms. The van der Waals surface area contributed by atoms with Crippen LogP contribution in [0.1, 0.15) is 134 Å². The third-order valence-electron chi connectivity index (χ3n) is 20.7. The summed E-state index contributed by atoms with van der Waals surface area (Å²) < 4.78 is 117. The molecule has 39 nitrogen and oxygen atoms in total. The molecule has 708 valence electrons. The summed E-state index contributed by atoms with van der Waals surface area (Å²) in [5, 5.41) is 26.3. The predicted octanol–water partition coefficient (Wildman–Crippen LogP) is 3.61. The second-order valence-corrected chi connectivity index (χ2v) is 32.7. The summed E-state index contributed by atoms with van der Waals surface area (Å²) in [6.07, 6.45) is -3.73. The van der Waals surface area contributed by atoms with Crippen LogP contribution < -0.4 is 36.4 Å². The number of benzene rings is 1. The van der Waals surface area contributed by atoms with Crippen LogP contribution in [0.4, 0.5) is 0 Å². The Hall–Kier alpha value is -7.04. The molecule has 3 fully saturated rings. The highest BCUT2D eigenvalue weighted by atomic mass is 31.2. The van der Waals surface area contributed by atoms with Gasteiger partial charge in [0.1, 0.15) is 54.8 Å². The van der Waals surface area contributed by atoms with Gasteiger partial charge in [0.25, 0.3) is 8.38 Å². The van der Waals surface area contributed by atoms with Crippen LogP contribution >= 0.6 is 8.38 Å². The highest BCUT2D eigenvalue weighted by molar-refractivity contribution is 7.48. The summed E-state index contributed by atoms with van der Waals surface area (Å²) in [5.41, 5.74) is -0.546. The Morgan fingerprint density at radius 3 is 1.23 bits per heavy atom. The lowest BCUT2D eigenvalue weighted by atomic mass is 9.81. The van der Waals surface area contributed by atoms with Crippen LogP contribution in [0, 0.1) is 46.8 Å². The van der Waals surface area contributed by atoms with E-state index >= 15 is 0 Å². The molecule has 0 bridgehead atoms. The van der Waals surface area contributed by atoms with Crippen LogP contribution in [0.2, 0.25) is 0 Å². The fourth-order valence-electron chi connectivity index (χ4n) is 13.7. The Morgan fingerprint density at radius 2 is 0.839 bits per heavy atom. The molecule has 0 saturated carbocycles. The van der Waals surface area contributed by atoms with E-state index in [-0.39, 0.29) is 293 Å². The lowest BCUT2D eigenvalue weighted by molar-refractivity contribution is -0.275. The van der Waals surface area contributed by atoms with Crippen molar-refractivity contribution < 1.29 is 142 Å². The number of nitrogens with zero attached hydrogens (tertiary/aromatic N) is 3. The standard InChI is InChI=1S/C84H142N9O30P/c1-17-69-56(2)57(3)77(90-62(8)94)82(120-69)114-50-47-108-42-33-89-75(102)27-38-111-55-84(53-109-36-25-73(100)87-31-40-106-45-48-112-80-60(6)58(4)78(118-65(11)97)70(121-80)51-115-63(9)95,54-110-37-26-74(101)88-32-41-107-46-49-113-81-61(7)59(5)79(119-66(12)98)71(122-81)52-116-64(10)96)91-76(103)28-35-104-43-44-105-39-30-86-72(99)24-21-67-19-22-68(23-20-67)123-124(117-34-18-29-85)83(92(13)14)93(15)16/h19-20,22-23,56-61,69-71,77-83H,17-18,21,24-28,30-55H2,1-16H3,(H,86,99)(H,87,100)(H,88,101)(H,89,102)(H,90,94)(H,91,103)/t56-,57+,58-,59-,60-,61-,69-,70-,71-,77-,78-,79-,80-,81-,82-,124?/m1/s1. The number of rotatable bonds is 65. The molecule has 1 aromatic rings. The molecular weight excluding hydrogens is 1650 g/mol. The summed E-state index contributed by atoms with van der Waals surface area (Å²) in [6, 6.07) is 9.22. The molecule has 3 aliphatic rings. The van der Waals surface area contributed by atoms with Gasteiger partial charge in [-0.2, -0.15) is 5.26 Å². The second-order valence-electron chi connectivity index (χ2n) is 31.3. The minimum absolute atomic E-state index is 0.0396. The van der Waals surface area contributed by atoms with Crippen molar-refractivity contribution in [3.8, 4) is 11.8 Å². The first-order chi connectivity index (χ1) is 59.3.